The first-order chi connectivity index (χ1) is 14.8. The van der Waals surface area contributed by atoms with E-state index in [9.17, 15) is 24.0 Å². The summed E-state index contributed by atoms with van der Waals surface area (Å²) in [6.07, 6.45) is 10.1. The molecule has 0 spiro atoms. The molecule has 1 fully saturated rings. The molecule has 0 bridgehead atoms. The van der Waals surface area contributed by atoms with Crippen molar-refractivity contribution in [3.05, 3.63) is 12.2 Å². The lowest BCUT2D eigenvalue weighted by Gasteiger charge is -2.20. The molecule has 3 atom stereocenters. The zero-order valence-electron chi connectivity index (χ0n) is 19.0. The third-order valence-corrected chi connectivity index (χ3v) is 5.66. The van der Waals surface area contributed by atoms with Crippen molar-refractivity contribution in [2.75, 3.05) is 7.11 Å². The molecule has 1 aliphatic rings. The van der Waals surface area contributed by atoms with Crippen LogP contribution in [-0.2, 0) is 33.4 Å². The number of unbranched alkanes of at least 4 members (excludes halogenated alkanes) is 5. The van der Waals surface area contributed by atoms with Crippen LogP contribution in [0.1, 0.15) is 84.5 Å². The van der Waals surface area contributed by atoms with Gasteiger partial charge in [-0.05, 0) is 25.3 Å². The zero-order chi connectivity index (χ0) is 23.2. The lowest BCUT2D eigenvalue weighted by atomic mass is 9.88. The molecule has 0 aliphatic heterocycles. The van der Waals surface area contributed by atoms with Crippen molar-refractivity contribution in [3.63, 3.8) is 0 Å². The number of Topliss-reactive ketones (excluding diaryl/α,β-unsaturated/α-hetero) is 2. The fraction of sp³-hybridized carbons (Fsp3) is 0.708. The van der Waals surface area contributed by atoms with Gasteiger partial charge in [-0.15, -0.1) is 0 Å². The van der Waals surface area contributed by atoms with Crippen LogP contribution < -0.4 is 0 Å². The van der Waals surface area contributed by atoms with Gasteiger partial charge in [-0.1, -0.05) is 45.1 Å². The van der Waals surface area contributed by atoms with E-state index >= 15 is 0 Å². The van der Waals surface area contributed by atoms with E-state index in [0.717, 1.165) is 51.9 Å². The maximum atomic E-state index is 12.6. The Hall–Kier alpha value is -2.31. The summed E-state index contributed by atoms with van der Waals surface area (Å²) >= 11 is 0. The van der Waals surface area contributed by atoms with Crippen LogP contribution in [0.2, 0.25) is 0 Å². The number of methoxy groups -OCH3 is 1. The molecule has 1 aliphatic carbocycles. The van der Waals surface area contributed by atoms with Crippen molar-refractivity contribution in [3.8, 4) is 0 Å². The number of carbonyl (C=O) groups is 5. The van der Waals surface area contributed by atoms with Gasteiger partial charge in [0.2, 0.25) is 5.78 Å². The monoisotopic (exact) mass is 436 g/mol. The molecular weight excluding hydrogens is 400 g/mol. The average Bonchev–Trinajstić information content (AvgIpc) is 3.02. The van der Waals surface area contributed by atoms with Crippen LogP contribution in [0, 0.1) is 11.8 Å². The maximum absolute atomic E-state index is 12.6. The van der Waals surface area contributed by atoms with Crippen molar-refractivity contribution >= 4 is 29.3 Å². The molecule has 174 valence electrons. The van der Waals surface area contributed by atoms with E-state index in [0.29, 0.717) is 19.3 Å². The Morgan fingerprint density at radius 3 is 2.32 bits per heavy atom. The Labute approximate surface area is 184 Å². The quantitative estimate of drug-likeness (QED) is 0.166. The summed E-state index contributed by atoms with van der Waals surface area (Å²) in [6.45, 7) is 3.20. The van der Waals surface area contributed by atoms with E-state index in [2.05, 4.69) is 11.7 Å². The Balaban J connectivity index is 2.69. The van der Waals surface area contributed by atoms with E-state index in [4.69, 9.17) is 4.74 Å². The number of ether oxygens (including phenoxy) is 2. The summed E-state index contributed by atoms with van der Waals surface area (Å²) in [4.78, 5) is 59.0. The molecule has 7 heteroatoms. The van der Waals surface area contributed by atoms with Crippen molar-refractivity contribution in [2.45, 2.75) is 90.6 Å². The summed E-state index contributed by atoms with van der Waals surface area (Å²) in [5.74, 6) is -2.65. The molecule has 1 saturated carbocycles. The Morgan fingerprint density at radius 1 is 1.00 bits per heavy atom. The Kier molecular flexibility index (Phi) is 12.6. The Bertz CT molecular complexity index is 665. The van der Waals surface area contributed by atoms with E-state index in [-0.39, 0.29) is 29.9 Å². The molecule has 0 aromatic rings. The molecule has 0 heterocycles. The number of hydrogen-bond donors (Lipinski definition) is 0. The number of allylic oxidation sites excluding steroid dienone is 1. The van der Waals surface area contributed by atoms with Crippen LogP contribution in [-0.4, -0.2) is 42.5 Å². The maximum Gasteiger partial charge on any atom is 0.374 e. The van der Waals surface area contributed by atoms with Crippen molar-refractivity contribution in [2.24, 2.45) is 11.8 Å². The van der Waals surface area contributed by atoms with Gasteiger partial charge < -0.3 is 9.47 Å². The van der Waals surface area contributed by atoms with E-state index in [1.165, 1.54) is 13.2 Å². The number of ketones is 3. The van der Waals surface area contributed by atoms with Gasteiger partial charge in [-0.25, -0.2) is 4.79 Å². The molecule has 0 amide bonds. The number of hydrogen-bond acceptors (Lipinski definition) is 7. The predicted octanol–water partition coefficient (Wildman–Crippen LogP) is 3.91. The highest BCUT2D eigenvalue weighted by atomic mass is 16.5. The van der Waals surface area contributed by atoms with Gasteiger partial charge in [0, 0.05) is 38.0 Å². The lowest BCUT2D eigenvalue weighted by molar-refractivity contribution is -0.158. The van der Waals surface area contributed by atoms with Gasteiger partial charge in [0.05, 0.1) is 7.11 Å². The van der Waals surface area contributed by atoms with Crippen LogP contribution in [0.15, 0.2) is 12.2 Å². The summed E-state index contributed by atoms with van der Waals surface area (Å²) in [5, 5.41) is 0. The molecule has 0 saturated heterocycles. The topological polar surface area (TPSA) is 104 Å². The fourth-order valence-corrected chi connectivity index (χ4v) is 3.85. The predicted molar refractivity (Wildman–Crippen MR) is 115 cm³/mol. The molecule has 0 aromatic carbocycles. The van der Waals surface area contributed by atoms with Crippen LogP contribution in [0.5, 0.6) is 0 Å². The molecule has 7 nitrogen and oxygen atoms in total. The summed E-state index contributed by atoms with van der Waals surface area (Å²) in [5.41, 5.74) is 0. The molecule has 0 aromatic heterocycles. The van der Waals surface area contributed by atoms with Crippen LogP contribution >= 0.6 is 0 Å². The van der Waals surface area contributed by atoms with Gasteiger partial charge in [0.15, 0.2) is 5.78 Å². The summed E-state index contributed by atoms with van der Waals surface area (Å²) in [6, 6.07) is 0. The highest BCUT2D eigenvalue weighted by molar-refractivity contribution is 6.32. The van der Waals surface area contributed by atoms with Gasteiger partial charge in [-0.2, -0.15) is 0 Å². The molecule has 1 rings (SSSR count). The van der Waals surface area contributed by atoms with Crippen LogP contribution in [0.25, 0.3) is 0 Å². The summed E-state index contributed by atoms with van der Waals surface area (Å²) in [7, 11) is 1.37. The Morgan fingerprint density at radius 2 is 1.68 bits per heavy atom. The van der Waals surface area contributed by atoms with E-state index in [1.807, 2.05) is 0 Å². The normalized spacial score (nSPS) is 20.7. The van der Waals surface area contributed by atoms with Gasteiger partial charge in [0.25, 0.3) is 0 Å². The first-order valence-corrected chi connectivity index (χ1v) is 11.3. The molecule has 0 N–H and O–H groups in total. The highest BCUT2D eigenvalue weighted by Crippen LogP contribution is 2.36. The number of carbonyl (C=O) groups excluding carboxylic acids is 5. The zero-order valence-corrected chi connectivity index (χ0v) is 19.0. The van der Waals surface area contributed by atoms with Gasteiger partial charge >= 0.3 is 11.9 Å². The highest BCUT2D eigenvalue weighted by Gasteiger charge is 2.43. The SMILES string of the molecule is CCCCCC(=O)C=C[C@H]1[C@@H](OC(=O)C(C)=O)CC(=O)[C@H]1CCCCCCC(=O)OC. The first-order valence-electron chi connectivity index (χ1n) is 11.3. The van der Waals surface area contributed by atoms with Gasteiger partial charge in [0.1, 0.15) is 11.9 Å². The van der Waals surface area contributed by atoms with Crippen LogP contribution in [0.4, 0.5) is 0 Å². The average molecular weight is 437 g/mol. The van der Waals surface area contributed by atoms with Gasteiger partial charge in [-0.3, -0.25) is 19.2 Å². The fourth-order valence-electron chi connectivity index (χ4n) is 3.85. The van der Waals surface area contributed by atoms with Crippen molar-refractivity contribution in [1.29, 1.82) is 0 Å². The van der Waals surface area contributed by atoms with E-state index < -0.39 is 23.8 Å². The third kappa shape index (κ3) is 10.0. The minimum absolute atomic E-state index is 0.00833. The molecular formula is C24H36O7. The van der Waals surface area contributed by atoms with Crippen LogP contribution in [0.3, 0.4) is 0 Å². The smallest absolute Gasteiger partial charge is 0.374 e. The third-order valence-electron chi connectivity index (χ3n) is 5.66. The minimum atomic E-state index is -0.950. The standard InChI is InChI=1S/C24H36O7/c1-4-5-8-11-18(26)14-15-20-19(12-9-6-7-10-13-23(28)30-3)21(27)16-22(20)31-24(29)17(2)25/h14-15,19-20,22H,4-13,16H2,1-3H3/t19-,20+,22-/m0/s1. The lowest BCUT2D eigenvalue weighted by Crippen LogP contribution is -2.27. The number of esters is 2. The molecule has 0 unspecified atom stereocenters. The second kappa shape index (κ2) is 14.7. The van der Waals surface area contributed by atoms with Crippen molar-refractivity contribution < 1.29 is 33.4 Å². The second-order valence-electron chi connectivity index (χ2n) is 8.17. The molecule has 31 heavy (non-hydrogen) atoms. The minimum Gasteiger partial charge on any atom is -0.469 e. The number of rotatable bonds is 15. The largest absolute Gasteiger partial charge is 0.469 e. The first kappa shape index (κ1) is 26.7. The molecule has 0 radical (unpaired) electrons. The second-order valence-corrected chi connectivity index (χ2v) is 8.17. The van der Waals surface area contributed by atoms with Crippen molar-refractivity contribution in [1.82, 2.24) is 0 Å². The summed E-state index contributed by atoms with van der Waals surface area (Å²) < 4.78 is 9.90. The van der Waals surface area contributed by atoms with E-state index in [1.54, 1.807) is 6.08 Å².